The van der Waals surface area contributed by atoms with Gasteiger partial charge in [-0.1, -0.05) is 23.7 Å². The number of nitrogens with one attached hydrogen (secondary N) is 2. The summed E-state index contributed by atoms with van der Waals surface area (Å²) in [5, 5.41) is 7.38. The van der Waals surface area contributed by atoms with Crippen molar-refractivity contribution >= 4 is 17.6 Å². The second kappa shape index (κ2) is 10.5. The van der Waals surface area contributed by atoms with Crippen LogP contribution in [0, 0.1) is 0 Å². The average molecular weight is 340 g/mol. The van der Waals surface area contributed by atoms with E-state index in [1.54, 1.807) is 7.05 Å². The summed E-state index contributed by atoms with van der Waals surface area (Å²) in [5.74, 6) is 0.822. The summed E-state index contributed by atoms with van der Waals surface area (Å²) in [6, 6.07) is 7.92. The predicted octanol–water partition coefficient (Wildman–Crippen LogP) is 2.24. The van der Waals surface area contributed by atoms with Gasteiger partial charge in [-0.25, -0.2) is 0 Å². The van der Waals surface area contributed by atoms with Gasteiger partial charge in [0.2, 0.25) is 0 Å². The molecule has 2 rings (SSSR count). The van der Waals surface area contributed by atoms with Crippen LogP contribution in [0.15, 0.2) is 29.3 Å². The molecule has 0 aromatic heterocycles. The number of guanidine groups is 1. The highest BCUT2D eigenvalue weighted by Gasteiger charge is 2.15. The minimum Gasteiger partial charge on any atom is -0.379 e. The van der Waals surface area contributed by atoms with E-state index < -0.39 is 0 Å². The van der Waals surface area contributed by atoms with Crippen LogP contribution >= 0.6 is 11.6 Å². The van der Waals surface area contributed by atoms with Crippen LogP contribution in [0.3, 0.4) is 0 Å². The highest BCUT2D eigenvalue weighted by Crippen LogP contribution is 2.09. The zero-order valence-electron chi connectivity index (χ0n) is 13.7. The van der Waals surface area contributed by atoms with Crippen molar-refractivity contribution in [3.8, 4) is 0 Å². The topological polar surface area (TPSA) is 54.9 Å². The standard InChI is InChI=1S/C17H26ClN3O2/c1-19-17(20-9-2-11-23-16-8-12-22-13-16)21-10-7-14-3-5-15(18)6-4-14/h3-6,16H,2,7-13H2,1H3,(H2,19,20,21). The lowest BCUT2D eigenvalue weighted by molar-refractivity contribution is 0.0420. The average Bonchev–Trinajstić information content (AvgIpc) is 3.08. The second-order valence-electron chi connectivity index (χ2n) is 5.51. The fourth-order valence-electron chi connectivity index (χ4n) is 2.37. The fraction of sp³-hybridized carbons (Fsp3) is 0.588. The normalized spacial score (nSPS) is 18.2. The van der Waals surface area contributed by atoms with Gasteiger partial charge in [-0.3, -0.25) is 4.99 Å². The first-order valence-electron chi connectivity index (χ1n) is 8.16. The monoisotopic (exact) mass is 339 g/mol. The van der Waals surface area contributed by atoms with Crippen molar-refractivity contribution in [1.29, 1.82) is 0 Å². The molecule has 1 aromatic rings. The van der Waals surface area contributed by atoms with Crippen LogP contribution in [0.4, 0.5) is 0 Å². The third kappa shape index (κ3) is 7.20. The summed E-state index contributed by atoms with van der Waals surface area (Å²) in [6.07, 6.45) is 3.19. The first-order chi connectivity index (χ1) is 11.3. The van der Waals surface area contributed by atoms with Crippen molar-refractivity contribution in [2.75, 3.05) is 40.0 Å². The Morgan fingerprint density at radius 1 is 1.30 bits per heavy atom. The van der Waals surface area contributed by atoms with Gasteiger partial charge >= 0.3 is 0 Å². The lowest BCUT2D eigenvalue weighted by Gasteiger charge is -2.13. The highest BCUT2D eigenvalue weighted by molar-refractivity contribution is 6.30. The van der Waals surface area contributed by atoms with Crippen LogP contribution in [0.5, 0.6) is 0 Å². The van der Waals surface area contributed by atoms with E-state index in [4.69, 9.17) is 21.1 Å². The Bertz CT molecular complexity index is 473. The van der Waals surface area contributed by atoms with Gasteiger partial charge in [0.05, 0.1) is 12.7 Å². The van der Waals surface area contributed by atoms with Gasteiger partial charge in [0.1, 0.15) is 0 Å². The molecule has 23 heavy (non-hydrogen) atoms. The van der Waals surface area contributed by atoms with Crippen molar-refractivity contribution in [3.05, 3.63) is 34.9 Å². The lowest BCUT2D eigenvalue weighted by atomic mass is 10.1. The Morgan fingerprint density at radius 3 is 2.78 bits per heavy atom. The van der Waals surface area contributed by atoms with E-state index in [1.165, 1.54) is 5.56 Å². The zero-order chi connectivity index (χ0) is 16.3. The molecule has 1 unspecified atom stereocenters. The Balaban J connectivity index is 1.53. The maximum atomic E-state index is 5.88. The molecule has 5 nitrogen and oxygen atoms in total. The Labute approximate surface area is 143 Å². The molecule has 1 saturated heterocycles. The van der Waals surface area contributed by atoms with E-state index in [0.717, 1.165) is 63.2 Å². The molecule has 1 heterocycles. The van der Waals surface area contributed by atoms with E-state index in [-0.39, 0.29) is 6.10 Å². The van der Waals surface area contributed by atoms with Gasteiger partial charge in [-0.05, 0) is 37.0 Å². The second-order valence-corrected chi connectivity index (χ2v) is 5.95. The van der Waals surface area contributed by atoms with Crippen molar-refractivity contribution in [1.82, 2.24) is 10.6 Å². The van der Waals surface area contributed by atoms with Gasteiger partial charge in [0.15, 0.2) is 5.96 Å². The number of aliphatic imine (C=N–C) groups is 1. The van der Waals surface area contributed by atoms with E-state index in [9.17, 15) is 0 Å². The molecule has 1 aromatic carbocycles. The molecule has 0 bridgehead atoms. The molecular formula is C17H26ClN3O2. The van der Waals surface area contributed by atoms with Gasteiger partial charge in [-0.15, -0.1) is 0 Å². The summed E-state index contributed by atoms with van der Waals surface area (Å²) in [7, 11) is 1.78. The Hall–Kier alpha value is -1.30. The van der Waals surface area contributed by atoms with Crippen LogP contribution < -0.4 is 10.6 Å². The number of hydrogen-bond acceptors (Lipinski definition) is 3. The molecular weight excluding hydrogens is 314 g/mol. The smallest absolute Gasteiger partial charge is 0.190 e. The van der Waals surface area contributed by atoms with Crippen molar-refractivity contribution in [3.63, 3.8) is 0 Å². The quantitative estimate of drug-likeness (QED) is 0.433. The predicted molar refractivity (Wildman–Crippen MR) is 94.3 cm³/mol. The van der Waals surface area contributed by atoms with E-state index in [2.05, 4.69) is 15.6 Å². The highest BCUT2D eigenvalue weighted by atomic mass is 35.5. The number of benzene rings is 1. The Kier molecular flexibility index (Phi) is 8.21. The summed E-state index contributed by atoms with van der Waals surface area (Å²) in [6.45, 7) is 3.99. The molecule has 0 aliphatic carbocycles. The van der Waals surface area contributed by atoms with E-state index >= 15 is 0 Å². The number of ether oxygens (including phenoxy) is 2. The van der Waals surface area contributed by atoms with Crippen molar-refractivity contribution in [2.24, 2.45) is 4.99 Å². The van der Waals surface area contributed by atoms with Crippen LogP contribution in [0.2, 0.25) is 5.02 Å². The molecule has 6 heteroatoms. The van der Waals surface area contributed by atoms with Gasteiger partial charge in [0.25, 0.3) is 0 Å². The van der Waals surface area contributed by atoms with Crippen LogP contribution in [-0.4, -0.2) is 52.0 Å². The number of halogens is 1. The van der Waals surface area contributed by atoms with Crippen LogP contribution in [-0.2, 0) is 15.9 Å². The number of nitrogens with zero attached hydrogens (tertiary/aromatic N) is 1. The first-order valence-corrected chi connectivity index (χ1v) is 8.54. The Morgan fingerprint density at radius 2 is 2.09 bits per heavy atom. The molecule has 128 valence electrons. The molecule has 1 aliphatic heterocycles. The third-order valence-electron chi connectivity index (χ3n) is 3.70. The molecule has 1 fully saturated rings. The number of rotatable bonds is 8. The molecule has 0 saturated carbocycles. The van der Waals surface area contributed by atoms with Crippen LogP contribution in [0.25, 0.3) is 0 Å². The fourth-order valence-corrected chi connectivity index (χ4v) is 2.50. The van der Waals surface area contributed by atoms with Crippen LogP contribution in [0.1, 0.15) is 18.4 Å². The summed E-state index contributed by atoms with van der Waals surface area (Å²) >= 11 is 5.88. The summed E-state index contributed by atoms with van der Waals surface area (Å²) in [4.78, 5) is 4.22. The SMILES string of the molecule is CN=C(NCCCOC1CCOC1)NCCc1ccc(Cl)cc1. The molecule has 1 aliphatic rings. The molecule has 0 spiro atoms. The summed E-state index contributed by atoms with van der Waals surface area (Å²) < 4.78 is 11.0. The van der Waals surface area contributed by atoms with E-state index in [1.807, 2.05) is 24.3 Å². The van der Waals surface area contributed by atoms with Crippen molar-refractivity contribution in [2.45, 2.75) is 25.4 Å². The molecule has 1 atom stereocenters. The number of hydrogen-bond donors (Lipinski definition) is 2. The largest absolute Gasteiger partial charge is 0.379 e. The summed E-state index contributed by atoms with van der Waals surface area (Å²) in [5.41, 5.74) is 1.25. The van der Waals surface area contributed by atoms with Gasteiger partial charge < -0.3 is 20.1 Å². The van der Waals surface area contributed by atoms with Crippen molar-refractivity contribution < 1.29 is 9.47 Å². The zero-order valence-corrected chi connectivity index (χ0v) is 14.4. The van der Waals surface area contributed by atoms with E-state index in [0.29, 0.717) is 0 Å². The molecule has 0 radical (unpaired) electrons. The molecule has 2 N–H and O–H groups in total. The lowest BCUT2D eigenvalue weighted by Crippen LogP contribution is -2.39. The minimum atomic E-state index is 0.284. The first kappa shape index (κ1) is 18.0. The molecule has 0 amide bonds. The van der Waals surface area contributed by atoms with Gasteiger partial charge in [-0.2, -0.15) is 0 Å². The third-order valence-corrected chi connectivity index (χ3v) is 3.95. The minimum absolute atomic E-state index is 0.284. The maximum Gasteiger partial charge on any atom is 0.190 e. The van der Waals surface area contributed by atoms with Gasteiger partial charge in [0, 0.05) is 38.4 Å². The maximum absolute atomic E-state index is 5.88.